The monoisotopic (exact) mass is 206 g/mol. The fourth-order valence-corrected chi connectivity index (χ4v) is 0.946. The van der Waals surface area contributed by atoms with Crippen LogP contribution < -0.4 is 5.32 Å². The van der Waals surface area contributed by atoms with Gasteiger partial charge in [-0.1, -0.05) is 6.08 Å². The first-order chi connectivity index (χ1) is 7.15. The standard InChI is InChI=1S/C10H14N4O/c1-4-7-11-9-6-5-8(12-13-9)10(15)14(2)3/h4-6H,1,7H2,2-3H3,(H,11,13). The highest BCUT2D eigenvalue weighted by Crippen LogP contribution is 2.03. The minimum Gasteiger partial charge on any atom is -0.365 e. The number of amides is 1. The highest BCUT2D eigenvalue weighted by Gasteiger charge is 2.09. The van der Waals surface area contributed by atoms with Gasteiger partial charge in [0, 0.05) is 20.6 Å². The Balaban J connectivity index is 2.71. The predicted octanol–water partition coefficient (Wildman–Crippen LogP) is 0.776. The van der Waals surface area contributed by atoms with Crippen LogP contribution in [0.4, 0.5) is 5.82 Å². The fraction of sp³-hybridized carbons (Fsp3) is 0.300. The molecule has 0 aliphatic rings. The van der Waals surface area contributed by atoms with Crippen molar-refractivity contribution in [1.29, 1.82) is 0 Å². The first-order valence-corrected chi connectivity index (χ1v) is 4.55. The van der Waals surface area contributed by atoms with E-state index >= 15 is 0 Å². The van der Waals surface area contributed by atoms with Crippen molar-refractivity contribution in [2.75, 3.05) is 26.0 Å². The summed E-state index contributed by atoms with van der Waals surface area (Å²) in [6.07, 6.45) is 1.72. The third-order valence-electron chi connectivity index (χ3n) is 1.72. The molecule has 0 saturated heterocycles. The van der Waals surface area contributed by atoms with E-state index in [0.717, 1.165) is 0 Å². The van der Waals surface area contributed by atoms with E-state index in [2.05, 4.69) is 22.1 Å². The third kappa shape index (κ3) is 3.05. The molecule has 0 aliphatic carbocycles. The second-order valence-corrected chi connectivity index (χ2v) is 3.17. The summed E-state index contributed by atoms with van der Waals surface area (Å²) in [7, 11) is 3.35. The molecule has 0 aliphatic heterocycles. The molecule has 0 fully saturated rings. The number of rotatable bonds is 4. The average molecular weight is 206 g/mol. The lowest BCUT2D eigenvalue weighted by Crippen LogP contribution is -2.23. The molecule has 0 unspecified atom stereocenters. The molecular formula is C10H14N4O. The van der Waals surface area contributed by atoms with E-state index in [-0.39, 0.29) is 5.91 Å². The van der Waals surface area contributed by atoms with E-state index in [0.29, 0.717) is 18.1 Å². The Morgan fingerprint density at radius 3 is 2.73 bits per heavy atom. The lowest BCUT2D eigenvalue weighted by Gasteiger charge is -2.08. The first kappa shape index (κ1) is 11.2. The highest BCUT2D eigenvalue weighted by atomic mass is 16.2. The maximum absolute atomic E-state index is 11.5. The second-order valence-electron chi connectivity index (χ2n) is 3.17. The van der Waals surface area contributed by atoms with Crippen LogP contribution >= 0.6 is 0 Å². The maximum Gasteiger partial charge on any atom is 0.273 e. The third-order valence-corrected chi connectivity index (χ3v) is 1.72. The highest BCUT2D eigenvalue weighted by molar-refractivity contribution is 5.91. The van der Waals surface area contributed by atoms with Gasteiger partial charge in [-0.05, 0) is 12.1 Å². The number of anilines is 1. The van der Waals surface area contributed by atoms with Gasteiger partial charge in [-0.3, -0.25) is 4.79 Å². The van der Waals surface area contributed by atoms with Crippen LogP contribution in [0.25, 0.3) is 0 Å². The molecule has 0 bridgehead atoms. The molecule has 1 amide bonds. The van der Waals surface area contributed by atoms with Gasteiger partial charge in [0.05, 0.1) is 0 Å². The Morgan fingerprint density at radius 2 is 2.27 bits per heavy atom. The Kier molecular flexibility index (Phi) is 3.79. The topological polar surface area (TPSA) is 58.1 Å². The van der Waals surface area contributed by atoms with E-state index in [1.54, 1.807) is 32.3 Å². The number of nitrogens with one attached hydrogen (secondary N) is 1. The Bertz CT molecular complexity index is 345. The molecule has 0 saturated carbocycles. The van der Waals surface area contributed by atoms with Crippen LogP contribution in [0.5, 0.6) is 0 Å². The fourth-order valence-electron chi connectivity index (χ4n) is 0.946. The van der Waals surface area contributed by atoms with Crippen molar-refractivity contribution in [1.82, 2.24) is 15.1 Å². The van der Waals surface area contributed by atoms with Crippen LogP contribution in [0.3, 0.4) is 0 Å². The van der Waals surface area contributed by atoms with Gasteiger partial charge in [0.2, 0.25) is 0 Å². The molecule has 1 N–H and O–H groups in total. The van der Waals surface area contributed by atoms with Gasteiger partial charge in [-0.25, -0.2) is 0 Å². The van der Waals surface area contributed by atoms with E-state index in [4.69, 9.17) is 0 Å². The Morgan fingerprint density at radius 1 is 1.53 bits per heavy atom. The minimum absolute atomic E-state index is 0.155. The summed E-state index contributed by atoms with van der Waals surface area (Å²) in [5, 5.41) is 10.7. The zero-order chi connectivity index (χ0) is 11.3. The lowest BCUT2D eigenvalue weighted by atomic mass is 10.3. The van der Waals surface area contributed by atoms with E-state index in [1.807, 2.05) is 0 Å². The summed E-state index contributed by atoms with van der Waals surface area (Å²) in [6.45, 7) is 4.19. The van der Waals surface area contributed by atoms with Crippen LogP contribution in [0, 0.1) is 0 Å². The maximum atomic E-state index is 11.5. The molecule has 5 nitrogen and oxygen atoms in total. The van der Waals surface area contributed by atoms with Crippen molar-refractivity contribution >= 4 is 11.7 Å². The van der Waals surface area contributed by atoms with Crippen LogP contribution in [-0.2, 0) is 0 Å². The molecule has 1 aromatic heterocycles. The number of hydrogen-bond donors (Lipinski definition) is 1. The predicted molar refractivity (Wildman–Crippen MR) is 58.7 cm³/mol. The van der Waals surface area contributed by atoms with Gasteiger partial charge in [-0.2, -0.15) is 0 Å². The number of hydrogen-bond acceptors (Lipinski definition) is 4. The summed E-state index contributed by atoms with van der Waals surface area (Å²) in [4.78, 5) is 12.9. The average Bonchev–Trinajstić information content (AvgIpc) is 2.26. The van der Waals surface area contributed by atoms with Crippen LogP contribution in [0.2, 0.25) is 0 Å². The van der Waals surface area contributed by atoms with Crippen molar-refractivity contribution in [3.63, 3.8) is 0 Å². The molecular weight excluding hydrogens is 192 g/mol. The van der Waals surface area contributed by atoms with E-state index in [1.165, 1.54) is 4.90 Å². The molecule has 80 valence electrons. The van der Waals surface area contributed by atoms with Gasteiger partial charge in [-0.15, -0.1) is 16.8 Å². The molecule has 15 heavy (non-hydrogen) atoms. The van der Waals surface area contributed by atoms with Crippen molar-refractivity contribution in [2.45, 2.75) is 0 Å². The van der Waals surface area contributed by atoms with Crippen LogP contribution in [0.15, 0.2) is 24.8 Å². The lowest BCUT2D eigenvalue weighted by molar-refractivity contribution is 0.0821. The van der Waals surface area contributed by atoms with Gasteiger partial charge in [0.25, 0.3) is 5.91 Å². The summed E-state index contributed by atoms with van der Waals surface area (Å²) in [5.74, 6) is 0.475. The first-order valence-electron chi connectivity index (χ1n) is 4.55. The zero-order valence-corrected chi connectivity index (χ0v) is 8.90. The number of carbonyl (C=O) groups is 1. The summed E-state index contributed by atoms with van der Waals surface area (Å²) in [5.41, 5.74) is 0.337. The summed E-state index contributed by atoms with van der Waals surface area (Å²) in [6, 6.07) is 3.36. The van der Waals surface area contributed by atoms with Gasteiger partial charge >= 0.3 is 0 Å². The van der Waals surface area contributed by atoms with Crippen LogP contribution in [0.1, 0.15) is 10.5 Å². The molecule has 0 spiro atoms. The van der Waals surface area contributed by atoms with Crippen molar-refractivity contribution in [2.24, 2.45) is 0 Å². The van der Waals surface area contributed by atoms with Crippen LogP contribution in [-0.4, -0.2) is 41.6 Å². The summed E-state index contributed by atoms with van der Waals surface area (Å²) >= 11 is 0. The quantitative estimate of drug-likeness (QED) is 0.739. The molecule has 1 rings (SSSR count). The molecule has 5 heteroatoms. The molecule has 0 atom stereocenters. The molecule has 0 aromatic carbocycles. The van der Waals surface area contributed by atoms with E-state index in [9.17, 15) is 4.79 Å². The molecule has 1 heterocycles. The normalized spacial score (nSPS) is 9.47. The van der Waals surface area contributed by atoms with E-state index < -0.39 is 0 Å². The SMILES string of the molecule is C=CCNc1ccc(C(=O)N(C)C)nn1. The largest absolute Gasteiger partial charge is 0.365 e. The van der Waals surface area contributed by atoms with Gasteiger partial charge in [0.1, 0.15) is 5.82 Å². The molecule has 0 radical (unpaired) electrons. The number of carbonyl (C=O) groups excluding carboxylic acids is 1. The minimum atomic E-state index is -0.155. The smallest absolute Gasteiger partial charge is 0.273 e. The number of aromatic nitrogens is 2. The Hall–Kier alpha value is -1.91. The molecule has 1 aromatic rings. The van der Waals surface area contributed by atoms with Gasteiger partial charge in [0.15, 0.2) is 5.69 Å². The summed E-state index contributed by atoms with van der Waals surface area (Å²) < 4.78 is 0. The van der Waals surface area contributed by atoms with Crippen molar-refractivity contribution in [3.05, 3.63) is 30.5 Å². The Labute approximate surface area is 88.8 Å². The number of nitrogens with zero attached hydrogens (tertiary/aromatic N) is 3. The second kappa shape index (κ2) is 5.09. The van der Waals surface area contributed by atoms with Crippen molar-refractivity contribution < 1.29 is 4.79 Å². The van der Waals surface area contributed by atoms with Crippen molar-refractivity contribution in [3.8, 4) is 0 Å². The van der Waals surface area contributed by atoms with Gasteiger partial charge < -0.3 is 10.2 Å². The zero-order valence-electron chi connectivity index (χ0n) is 8.90.